The molecular formula is C18H22N5O3+. The van der Waals surface area contributed by atoms with Gasteiger partial charge in [0.25, 0.3) is 5.69 Å². The standard InChI is InChI=1S/C18H21N5O3/c1-18(2,22-8-6-21(3)7-9-22)5-4-13-10-15-14(11-16(13)23(25)26)17(24)20-12-19-15/h10-12H,6-9H2,1-3H3,(H,19,20,24)/p+1. The topological polar surface area (TPSA) is 96.6 Å². The number of piperazine rings is 1. The number of aromatic nitrogens is 2. The minimum absolute atomic E-state index is 0.163. The number of nitro groups is 1. The van der Waals surface area contributed by atoms with Crippen LogP contribution in [0.15, 0.2) is 23.3 Å². The van der Waals surface area contributed by atoms with Gasteiger partial charge in [-0.1, -0.05) is 11.8 Å². The minimum atomic E-state index is -0.501. The van der Waals surface area contributed by atoms with E-state index in [2.05, 4.69) is 38.7 Å². The number of hydrogen-bond acceptors (Lipinski definition) is 5. The Morgan fingerprint density at radius 3 is 2.62 bits per heavy atom. The Morgan fingerprint density at radius 1 is 1.27 bits per heavy atom. The van der Waals surface area contributed by atoms with E-state index in [-0.39, 0.29) is 16.6 Å². The van der Waals surface area contributed by atoms with Crippen LogP contribution >= 0.6 is 0 Å². The molecule has 1 aromatic heterocycles. The van der Waals surface area contributed by atoms with Crippen molar-refractivity contribution in [3.63, 3.8) is 0 Å². The summed E-state index contributed by atoms with van der Waals surface area (Å²) in [5.41, 5.74) is -0.127. The molecule has 0 aliphatic carbocycles. The second-order valence-electron chi connectivity index (χ2n) is 7.03. The van der Waals surface area contributed by atoms with Gasteiger partial charge in [0.1, 0.15) is 16.5 Å². The lowest BCUT2D eigenvalue weighted by Gasteiger charge is -2.40. The molecule has 1 aliphatic rings. The number of hydrogen-bond donors (Lipinski definition) is 1. The first kappa shape index (κ1) is 18.0. The maximum Gasteiger partial charge on any atom is 0.343 e. The van der Waals surface area contributed by atoms with E-state index in [1.807, 2.05) is 13.8 Å². The van der Waals surface area contributed by atoms with Crippen molar-refractivity contribution in [3.05, 3.63) is 44.5 Å². The Morgan fingerprint density at radius 2 is 1.96 bits per heavy atom. The molecule has 0 unspecified atom stereocenters. The van der Waals surface area contributed by atoms with Gasteiger partial charge in [-0.25, -0.2) is 14.8 Å². The molecule has 0 amide bonds. The molecule has 0 saturated carbocycles. The maximum absolute atomic E-state index is 11.9. The van der Waals surface area contributed by atoms with Gasteiger partial charge in [0.2, 0.25) is 6.33 Å². The third-order valence-electron chi connectivity index (χ3n) is 4.81. The molecule has 8 heteroatoms. The van der Waals surface area contributed by atoms with Crippen LogP contribution in [0.3, 0.4) is 0 Å². The molecule has 0 spiro atoms. The van der Waals surface area contributed by atoms with E-state index in [4.69, 9.17) is 0 Å². The smallest absolute Gasteiger partial charge is 0.304 e. The Bertz CT molecular complexity index is 962. The highest BCUT2D eigenvalue weighted by atomic mass is 16.6. The number of aromatic amines is 2. The molecular weight excluding hydrogens is 334 g/mol. The highest BCUT2D eigenvalue weighted by molar-refractivity contribution is 5.80. The van der Waals surface area contributed by atoms with Crippen molar-refractivity contribution in [2.45, 2.75) is 19.4 Å². The van der Waals surface area contributed by atoms with Crippen LogP contribution in [0.25, 0.3) is 10.9 Å². The largest absolute Gasteiger partial charge is 0.343 e. The summed E-state index contributed by atoms with van der Waals surface area (Å²) in [6, 6.07) is 2.84. The van der Waals surface area contributed by atoms with E-state index in [1.54, 1.807) is 6.07 Å². The first-order valence-electron chi connectivity index (χ1n) is 8.46. The van der Waals surface area contributed by atoms with Gasteiger partial charge >= 0.3 is 5.56 Å². The number of nitrogens with zero attached hydrogens (tertiary/aromatic N) is 3. The summed E-state index contributed by atoms with van der Waals surface area (Å²) in [7, 11) is 2.09. The molecule has 136 valence electrons. The number of likely N-dealkylation sites (N-methyl/N-ethyl adjacent to an activating group) is 1. The molecule has 0 bridgehead atoms. The summed E-state index contributed by atoms with van der Waals surface area (Å²) >= 11 is 0. The van der Waals surface area contributed by atoms with Crippen LogP contribution in [-0.4, -0.2) is 58.5 Å². The van der Waals surface area contributed by atoms with E-state index in [1.165, 1.54) is 12.4 Å². The Balaban J connectivity index is 2.00. The quantitative estimate of drug-likeness (QED) is 0.484. The van der Waals surface area contributed by atoms with E-state index in [0.29, 0.717) is 11.1 Å². The van der Waals surface area contributed by atoms with Gasteiger partial charge < -0.3 is 4.90 Å². The Labute approximate surface area is 151 Å². The van der Waals surface area contributed by atoms with Crippen molar-refractivity contribution in [3.8, 4) is 11.8 Å². The van der Waals surface area contributed by atoms with Crippen LogP contribution in [0.5, 0.6) is 0 Å². The summed E-state index contributed by atoms with van der Waals surface area (Å²) in [6.07, 6.45) is 1.40. The summed E-state index contributed by atoms with van der Waals surface area (Å²) in [6.45, 7) is 7.80. The fourth-order valence-electron chi connectivity index (χ4n) is 3.07. The second kappa shape index (κ2) is 6.86. The van der Waals surface area contributed by atoms with Gasteiger partial charge in [0, 0.05) is 38.3 Å². The molecule has 1 fully saturated rings. The SMILES string of the molecule is CN1CCN(C(C)(C)C#Cc2cc3[nH+]c[nH]c(=O)c3cc2[N+](=O)[O-])CC1. The zero-order valence-electron chi connectivity index (χ0n) is 15.1. The van der Waals surface area contributed by atoms with Crippen LogP contribution in [-0.2, 0) is 0 Å². The van der Waals surface area contributed by atoms with Gasteiger partial charge in [0.15, 0.2) is 0 Å². The molecule has 26 heavy (non-hydrogen) atoms. The summed E-state index contributed by atoms with van der Waals surface area (Å²) < 4.78 is 0. The molecule has 8 nitrogen and oxygen atoms in total. The summed E-state index contributed by atoms with van der Waals surface area (Å²) in [4.78, 5) is 32.7. The molecule has 0 atom stereocenters. The fraction of sp³-hybridized carbons (Fsp3) is 0.444. The molecule has 0 radical (unpaired) electrons. The third kappa shape index (κ3) is 3.59. The number of benzene rings is 1. The zero-order valence-corrected chi connectivity index (χ0v) is 15.1. The van der Waals surface area contributed by atoms with Crippen molar-refractivity contribution < 1.29 is 9.91 Å². The fourth-order valence-corrected chi connectivity index (χ4v) is 3.07. The monoisotopic (exact) mass is 356 g/mol. The average Bonchev–Trinajstić information content (AvgIpc) is 2.60. The van der Waals surface area contributed by atoms with Crippen molar-refractivity contribution in [2.75, 3.05) is 33.2 Å². The molecule has 1 aliphatic heterocycles. The Hall–Kier alpha value is -2.76. The number of nitrogens with one attached hydrogen (secondary N) is 2. The van der Waals surface area contributed by atoms with Gasteiger partial charge in [0.05, 0.1) is 10.5 Å². The highest BCUT2D eigenvalue weighted by Crippen LogP contribution is 2.22. The zero-order chi connectivity index (χ0) is 18.9. The molecule has 3 rings (SSSR count). The van der Waals surface area contributed by atoms with Crippen molar-refractivity contribution in [2.24, 2.45) is 0 Å². The minimum Gasteiger partial charge on any atom is -0.304 e. The van der Waals surface area contributed by atoms with Crippen molar-refractivity contribution >= 4 is 16.6 Å². The number of rotatable bonds is 2. The van der Waals surface area contributed by atoms with Crippen LogP contribution < -0.4 is 10.5 Å². The third-order valence-corrected chi connectivity index (χ3v) is 4.81. The van der Waals surface area contributed by atoms with Crippen molar-refractivity contribution in [1.29, 1.82) is 0 Å². The lowest BCUT2D eigenvalue weighted by Crippen LogP contribution is -2.53. The van der Waals surface area contributed by atoms with E-state index >= 15 is 0 Å². The van der Waals surface area contributed by atoms with Crippen molar-refractivity contribution in [1.82, 2.24) is 14.8 Å². The van der Waals surface area contributed by atoms with Gasteiger partial charge in [-0.2, -0.15) is 0 Å². The summed E-state index contributed by atoms with van der Waals surface area (Å²) in [5, 5.41) is 11.7. The lowest BCUT2D eigenvalue weighted by atomic mass is 10.0. The van der Waals surface area contributed by atoms with Crippen LogP contribution in [0.4, 0.5) is 5.69 Å². The lowest BCUT2D eigenvalue weighted by molar-refractivity contribution is -0.385. The Kier molecular flexibility index (Phi) is 4.76. The van der Waals surface area contributed by atoms with Crippen LogP contribution in [0, 0.1) is 22.0 Å². The van der Waals surface area contributed by atoms with E-state index in [9.17, 15) is 14.9 Å². The van der Waals surface area contributed by atoms with Gasteiger partial charge in [-0.15, -0.1) is 0 Å². The number of H-pyrrole nitrogens is 2. The van der Waals surface area contributed by atoms with Gasteiger partial charge in [-0.05, 0) is 20.9 Å². The number of fused-ring (bicyclic) bond motifs is 1. The van der Waals surface area contributed by atoms with E-state index < -0.39 is 10.5 Å². The van der Waals surface area contributed by atoms with Crippen LogP contribution in [0.1, 0.15) is 19.4 Å². The molecule has 2 aromatic rings. The summed E-state index contributed by atoms with van der Waals surface area (Å²) in [5.74, 6) is 6.16. The predicted octanol–water partition coefficient (Wildman–Crippen LogP) is 0.628. The van der Waals surface area contributed by atoms with Crippen LogP contribution in [0.2, 0.25) is 0 Å². The first-order chi connectivity index (χ1) is 12.3. The molecule has 2 N–H and O–H groups in total. The molecule has 1 saturated heterocycles. The van der Waals surface area contributed by atoms with Gasteiger partial charge in [-0.3, -0.25) is 15.0 Å². The second-order valence-corrected chi connectivity index (χ2v) is 7.03. The number of nitro benzene ring substituents is 1. The first-order valence-corrected chi connectivity index (χ1v) is 8.46. The van der Waals surface area contributed by atoms with E-state index in [0.717, 1.165) is 26.2 Å². The molecule has 1 aromatic carbocycles. The molecule has 2 heterocycles. The normalized spacial score (nSPS) is 16.3. The highest BCUT2D eigenvalue weighted by Gasteiger charge is 2.27. The maximum atomic E-state index is 11.9. The predicted molar refractivity (Wildman–Crippen MR) is 97.8 cm³/mol. The average molecular weight is 356 g/mol.